The Kier molecular flexibility index (Phi) is 9.06. The van der Waals surface area contributed by atoms with Gasteiger partial charge in [0.05, 0.1) is 29.7 Å². The molecule has 1 fully saturated rings. The van der Waals surface area contributed by atoms with Gasteiger partial charge in [-0.05, 0) is 74.0 Å². The molecule has 35 heavy (non-hydrogen) atoms. The third-order valence-electron chi connectivity index (χ3n) is 5.08. The smallest absolute Gasteiger partial charge is 0.294 e. The lowest BCUT2D eigenvalue weighted by molar-refractivity contribution is -0.127. The second-order valence-corrected chi connectivity index (χ2v) is 9.04. The minimum Gasteiger partial charge on any atom is -0.495 e. The number of imide groups is 1. The van der Waals surface area contributed by atoms with Crippen LogP contribution >= 0.6 is 23.4 Å². The molecule has 0 saturated carbocycles. The average molecular weight is 519 g/mol. The summed E-state index contributed by atoms with van der Waals surface area (Å²) in [6, 6.07) is 10.1. The van der Waals surface area contributed by atoms with Gasteiger partial charge in [0.25, 0.3) is 11.1 Å². The Labute approximate surface area is 213 Å². The predicted octanol–water partition coefficient (Wildman–Crippen LogP) is 5.60. The molecule has 0 spiro atoms. The number of rotatable bonds is 10. The molecule has 2 aromatic rings. The molecule has 1 aliphatic heterocycles. The van der Waals surface area contributed by atoms with Gasteiger partial charge in [0.2, 0.25) is 5.91 Å². The van der Waals surface area contributed by atoms with Crippen LogP contribution in [0, 0.1) is 0 Å². The first-order valence-corrected chi connectivity index (χ1v) is 12.3. The first-order valence-electron chi connectivity index (χ1n) is 11.1. The molecule has 1 atom stereocenters. The summed E-state index contributed by atoms with van der Waals surface area (Å²) in [5, 5.41) is 2.43. The number of benzene rings is 2. The third kappa shape index (κ3) is 6.70. The SMILES string of the molecule is CCOc1cc(/C=C2/SC(=O)N(CC(=O)Nc3ccc(OC)c(Cl)c3)C2=O)ccc1O[C@@H](C)CC. The maximum Gasteiger partial charge on any atom is 0.294 e. The van der Waals surface area contributed by atoms with Crippen LogP contribution in [0.15, 0.2) is 41.3 Å². The van der Waals surface area contributed by atoms with E-state index in [4.69, 9.17) is 25.8 Å². The molecule has 0 radical (unpaired) electrons. The number of anilines is 1. The first-order chi connectivity index (χ1) is 16.7. The van der Waals surface area contributed by atoms with Gasteiger partial charge in [0.15, 0.2) is 11.5 Å². The van der Waals surface area contributed by atoms with Crippen LogP contribution in [-0.4, -0.2) is 48.3 Å². The zero-order valence-electron chi connectivity index (χ0n) is 19.9. The van der Waals surface area contributed by atoms with E-state index in [0.29, 0.717) is 40.1 Å². The molecule has 3 amide bonds. The van der Waals surface area contributed by atoms with Crippen LogP contribution in [0.3, 0.4) is 0 Å². The lowest BCUT2D eigenvalue weighted by Gasteiger charge is -2.16. The fourth-order valence-corrected chi connectivity index (χ4v) is 4.25. The van der Waals surface area contributed by atoms with Gasteiger partial charge in [-0.3, -0.25) is 19.3 Å². The fourth-order valence-electron chi connectivity index (χ4n) is 3.16. The summed E-state index contributed by atoms with van der Waals surface area (Å²) in [6.07, 6.45) is 2.47. The summed E-state index contributed by atoms with van der Waals surface area (Å²) >= 11 is 6.85. The van der Waals surface area contributed by atoms with E-state index < -0.39 is 23.6 Å². The lowest BCUT2D eigenvalue weighted by Crippen LogP contribution is -2.36. The van der Waals surface area contributed by atoms with Crippen molar-refractivity contribution >= 4 is 52.2 Å². The molecule has 1 aliphatic rings. The second-order valence-electron chi connectivity index (χ2n) is 7.64. The summed E-state index contributed by atoms with van der Waals surface area (Å²) in [7, 11) is 1.49. The van der Waals surface area contributed by atoms with E-state index in [1.807, 2.05) is 20.8 Å². The lowest BCUT2D eigenvalue weighted by atomic mass is 10.1. The fraction of sp³-hybridized carbons (Fsp3) is 0.320. The molecule has 1 heterocycles. The molecule has 0 aliphatic carbocycles. The van der Waals surface area contributed by atoms with Crippen LogP contribution in [-0.2, 0) is 9.59 Å². The number of carbonyl (C=O) groups excluding carboxylic acids is 3. The van der Waals surface area contributed by atoms with Gasteiger partial charge >= 0.3 is 0 Å². The van der Waals surface area contributed by atoms with Gasteiger partial charge in [-0.1, -0.05) is 24.6 Å². The zero-order chi connectivity index (χ0) is 25.5. The molecule has 1 N–H and O–H groups in total. The van der Waals surface area contributed by atoms with Gasteiger partial charge in [0, 0.05) is 5.69 Å². The Morgan fingerprint density at radius 3 is 2.54 bits per heavy atom. The van der Waals surface area contributed by atoms with Crippen molar-refractivity contribution in [2.75, 3.05) is 25.6 Å². The summed E-state index contributed by atoms with van der Waals surface area (Å²) in [5.41, 5.74) is 1.10. The number of ether oxygens (including phenoxy) is 3. The number of nitrogens with zero attached hydrogens (tertiary/aromatic N) is 1. The van der Waals surface area contributed by atoms with E-state index in [2.05, 4.69) is 5.32 Å². The molecule has 3 rings (SSSR count). The minimum absolute atomic E-state index is 0.0247. The van der Waals surface area contributed by atoms with E-state index in [-0.39, 0.29) is 11.0 Å². The molecule has 186 valence electrons. The molecule has 1 saturated heterocycles. The summed E-state index contributed by atoms with van der Waals surface area (Å²) in [6.45, 7) is 5.90. The number of nitrogens with one attached hydrogen (secondary N) is 1. The normalized spacial score (nSPS) is 15.3. The third-order valence-corrected chi connectivity index (χ3v) is 6.28. The van der Waals surface area contributed by atoms with Crippen LogP contribution in [0.25, 0.3) is 6.08 Å². The zero-order valence-corrected chi connectivity index (χ0v) is 21.5. The van der Waals surface area contributed by atoms with Gasteiger partial charge in [-0.15, -0.1) is 0 Å². The standard InChI is InChI=1S/C25H27ClN2O6S/c1-5-15(3)34-20-9-7-16(11-21(20)33-6-2)12-22-24(30)28(25(31)35-22)14-23(29)27-17-8-10-19(32-4)18(26)13-17/h7-13,15H,5-6,14H2,1-4H3,(H,27,29)/b22-12+/t15-/m0/s1. The van der Waals surface area contributed by atoms with Crippen LogP contribution in [0.1, 0.15) is 32.8 Å². The Morgan fingerprint density at radius 1 is 1.14 bits per heavy atom. The quantitative estimate of drug-likeness (QED) is 0.409. The van der Waals surface area contributed by atoms with E-state index in [1.165, 1.54) is 13.2 Å². The summed E-state index contributed by atoms with van der Waals surface area (Å²) in [5.74, 6) is 0.563. The van der Waals surface area contributed by atoms with Crippen molar-refractivity contribution in [1.29, 1.82) is 0 Å². The number of halogens is 1. The predicted molar refractivity (Wildman–Crippen MR) is 137 cm³/mol. The monoisotopic (exact) mass is 518 g/mol. The van der Waals surface area contributed by atoms with Crippen LogP contribution in [0.4, 0.5) is 10.5 Å². The molecular weight excluding hydrogens is 492 g/mol. The van der Waals surface area contributed by atoms with Gasteiger partial charge in [0.1, 0.15) is 12.3 Å². The highest BCUT2D eigenvalue weighted by molar-refractivity contribution is 8.18. The van der Waals surface area contributed by atoms with Crippen molar-refractivity contribution in [2.24, 2.45) is 0 Å². The number of hydrogen-bond donors (Lipinski definition) is 1. The van der Waals surface area contributed by atoms with Gasteiger partial charge in [-0.2, -0.15) is 0 Å². The van der Waals surface area contributed by atoms with E-state index >= 15 is 0 Å². The molecule has 0 bridgehead atoms. The Bertz CT molecular complexity index is 1150. The highest BCUT2D eigenvalue weighted by Gasteiger charge is 2.36. The summed E-state index contributed by atoms with van der Waals surface area (Å²) in [4.78, 5) is 38.9. The van der Waals surface area contributed by atoms with Crippen LogP contribution in [0.5, 0.6) is 17.2 Å². The maximum atomic E-state index is 12.9. The number of methoxy groups -OCH3 is 1. The van der Waals surface area contributed by atoms with Crippen molar-refractivity contribution in [3.05, 3.63) is 51.9 Å². The van der Waals surface area contributed by atoms with Gasteiger partial charge < -0.3 is 19.5 Å². The highest BCUT2D eigenvalue weighted by atomic mass is 35.5. The van der Waals surface area contributed by atoms with Crippen molar-refractivity contribution in [3.8, 4) is 17.2 Å². The van der Waals surface area contributed by atoms with Crippen molar-refractivity contribution in [3.63, 3.8) is 0 Å². The molecular formula is C25H27ClN2O6S. The van der Waals surface area contributed by atoms with Crippen LogP contribution < -0.4 is 19.5 Å². The molecule has 10 heteroatoms. The van der Waals surface area contributed by atoms with E-state index in [9.17, 15) is 14.4 Å². The highest BCUT2D eigenvalue weighted by Crippen LogP contribution is 2.35. The topological polar surface area (TPSA) is 94.2 Å². The van der Waals surface area contributed by atoms with E-state index in [0.717, 1.165) is 23.1 Å². The number of amides is 3. The molecule has 8 nitrogen and oxygen atoms in total. The molecule has 0 aromatic heterocycles. The Balaban J connectivity index is 1.71. The van der Waals surface area contributed by atoms with Gasteiger partial charge in [-0.25, -0.2) is 0 Å². The Hall–Kier alpha value is -3.17. The van der Waals surface area contributed by atoms with Crippen molar-refractivity contribution in [2.45, 2.75) is 33.3 Å². The summed E-state index contributed by atoms with van der Waals surface area (Å²) < 4.78 is 16.7. The first kappa shape index (κ1) is 26.4. The average Bonchev–Trinajstić information content (AvgIpc) is 3.08. The number of carbonyl (C=O) groups is 3. The van der Waals surface area contributed by atoms with Crippen molar-refractivity contribution in [1.82, 2.24) is 4.90 Å². The maximum absolute atomic E-state index is 12.9. The van der Waals surface area contributed by atoms with Crippen LogP contribution in [0.2, 0.25) is 5.02 Å². The number of thioether (sulfide) groups is 1. The second kappa shape index (κ2) is 12.0. The number of hydrogen-bond acceptors (Lipinski definition) is 7. The Morgan fingerprint density at radius 2 is 1.89 bits per heavy atom. The van der Waals surface area contributed by atoms with E-state index in [1.54, 1.807) is 36.4 Å². The van der Waals surface area contributed by atoms with Crippen molar-refractivity contribution < 1.29 is 28.6 Å². The largest absolute Gasteiger partial charge is 0.495 e. The molecule has 2 aromatic carbocycles. The minimum atomic E-state index is -0.541. The molecule has 0 unspecified atom stereocenters.